The minimum Gasteiger partial charge on any atom is -0.457 e. The molecule has 0 aliphatic carbocycles. The Labute approximate surface area is 202 Å². The van der Waals surface area contributed by atoms with E-state index in [1.54, 1.807) is 7.11 Å². The molecule has 2 aromatic carbocycles. The standard InChI is InChI=1S/C27H27NO7/c1-15(2)20-13-21-18(12-24(29)35-23(21)10-16(20)3)14-34-27(32)17-6-7-19-22(11-17)26(31)28(25(19)30)8-5-9-33-4/h6-7,10-13,15H,5,8-9,14H2,1-4H3. The number of benzene rings is 2. The van der Waals surface area contributed by atoms with E-state index in [9.17, 15) is 19.2 Å². The van der Waals surface area contributed by atoms with Crippen LogP contribution in [0.25, 0.3) is 11.0 Å². The van der Waals surface area contributed by atoms with E-state index in [1.165, 1.54) is 24.3 Å². The fourth-order valence-electron chi connectivity index (χ4n) is 4.35. The largest absolute Gasteiger partial charge is 0.457 e. The quantitative estimate of drug-likeness (QED) is 0.207. The number of esters is 1. The molecule has 0 saturated heterocycles. The summed E-state index contributed by atoms with van der Waals surface area (Å²) in [4.78, 5) is 51.3. The molecule has 0 bridgehead atoms. The van der Waals surface area contributed by atoms with Gasteiger partial charge < -0.3 is 13.9 Å². The maximum absolute atomic E-state index is 12.8. The lowest BCUT2D eigenvalue weighted by molar-refractivity contribution is 0.0473. The van der Waals surface area contributed by atoms with E-state index in [0.717, 1.165) is 16.0 Å². The van der Waals surface area contributed by atoms with Gasteiger partial charge in [0.15, 0.2) is 0 Å². The van der Waals surface area contributed by atoms with E-state index >= 15 is 0 Å². The number of aryl methyl sites for hydroxylation is 1. The van der Waals surface area contributed by atoms with E-state index in [4.69, 9.17) is 13.9 Å². The van der Waals surface area contributed by atoms with Crippen molar-refractivity contribution >= 4 is 28.8 Å². The van der Waals surface area contributed by atoms with Crippen molar-refractivity contribution in [2.24, 2.45) is 0 Å². The third kappa shape index (κ3) is 4.74. The van der Waals surface area contributed by atoms with Crippen molar-refractivity contribution in [3.05, 3.63) is 80.2 Å². The van der Waals surface area contributed by atoms with Gasteiger partial charge in [0.2, 0.25) is 0 Å². The molecule has 0 atom stereocenters. The number of carbonyl (C=O) groups is 3. The van der Waals surface area contributed by atoms with Gasteiger partial charge in [0.1, 0.15) is 12.2 Å². The van der Waals surface area contributed by atoms with Gasteiger partial charge in [-0.3, -0.25) is 14.5 Å². The van der Waals surface area contributed by atoms with Gasteiger partial charge >= 0.3 is 11.6 Å². The Morgan fingerprint density at radius 3 is 2.49 bits per heavy atom. The van der Waals surface area contributed by atoms with Gasteiger partial charge in [0.05, 0.1) is 16.7 Å². The predicted molar refractivity (Wildman–Crippen MR) is 129 cm³/mol. The first kappa shape index (κ1) is 24.3. The number of methoxy groups -OCH3 is 1. The first-order chi connectivity index (χ1) is 16.7. The van der Waals surface area contributed by atoms with Crippen molar-refractivity contribution in [2.75, 3.05) is 20.3 Å². The monoisotopic (exact) mass is 477 g/mol. The van der Waals surface area contributed by atoms with E-state index in [1.807, 2.05) is 19.1 Å². The van der Waals surface area contributed by atoms with Gasteiger partial charge in [0.25, 0.3) is 11.8 Å². The molecule has 182 valence electrons. The highest BCUT2D eigenvalue weighted by Crippen LogP contribution is 2.28. The van der Waals surface area contributed by atoms with Crippen LogP contribution in [0.3, 0.4) is 0 Å². The fraction of sp³-hybridized carbons (Fsp3) is 0.333. The van der Waals surface area contributed by atoms with E-state index in [0.29, 0.717) is 29.6 Å². The maximum Gasteiger partial charge on any atom is 0.338 e. The summed E-state index contributed by atoms with van der Waals surface area (Å²) in [7, 11) is 1.55. The second kappa shape index (κ2) is 9.84. The molecule has 3 aromatic rings. The van der Waals surface area contributed by atoms with Gasteiger partial charge in [-0.1, -0.05) is 13.8 Å². The fourth-order valence-corrected chi connectivity index (χ4v) is 4.35. The second-order valence-electron chi connectivity index (χ2n) is 8.90. The topological polar surface area (TPSA) is 103 Å². The Hall–Kier alpha value is -3.78. The molecule has 1 aromatic heterocycles. The molecule has 0 spiro atoms. The van der Waals surface area contributed by atoms with Crippen LogP contribution in [0, 0.1) is 6.92 Å². The molecule has 2 heterocycles. The average Bonchev–Trinajstić information content (AvgIpc) is 3.06. The van der Waals surface area contributed by atoms with Gasteiger partial charge in [-0.25, -0.2) is 9.59 Å². The summed E-state index contributed by atoms with van der Waals surface area (Å²) in [6, 6.07) is 9.40. The molecular formula is C27H27NO7. The van der Waals surface area contributed by atoms with E-state index in [2.05, 4.69) is 13.8 Å². The Kier molecular flexibility index (Phi) is 6.84. The molecule has 8 heteroatoms. The molecule has 1 aliphatic rings. The smallest absolute Gasteiger partial charge is 0.338 e. The van der Waals surface area contributed by atoms with Crippen molar-refractivity contribution in [1.29, 1.82) is 0 Å². The first-order valence-electron chi connectivity index (χ1n) is 11.4. The number of imide groups is 1. The second-order valence-corrected chi connectivity index (χ2v) is 8.90. The Balaban J connectivity index is 1.55. The SMILES string of the molecule is COCCCN1C(=O)c2ccc(C(=O)OCc3cc(=O)oc4cc(C)c(C(C)C)cc34)cc2C1=O. The van der Waals surface area contributed by atoms with Crippen LogP contribution in [-0.2, 0) is 16.1 Å². The lowest BCUT2D eigenvalue weighted by Crippen LogP contribution is -2.31. The number of amides is 2. The van der Waals surface area contributed by atoms with Crippen molar-refractivity contribution in [3.63, 3.8) is 0 Å². The molecule has 0 unspecified atom stereocenters. The zero-order chi connectivity index (χ0) is 25.3. The van der Waals surface area contributed by atoms with Crippen LogP contribution in [0.1, 0.15) is 74.0 Å². The van der Waals surface area contributed by atoms with Crippen LogP contribution in [0.5, 0.6) is 0 Å². The number of fused-ring (bicyclic) bond motifs is 2. The van der Waals surface area contributed by atoms with Gasteiger partial charge in [-0.05, 0) is 60.7 Å². The predicted octanol–water partition coefficient (Wildman–Crippen LogP) is 4.21. The number of hydrogen-bond acceptors (Lipinski definition) is 7. The highest BCUT2D eigenvalue weighted by Gasteiger charge is 2.35. The summed E-state index contributed by atoms with van der Waals surface area (Å²) in [5.41, 5.74) is 3.13. The lowest BCUT2D eigenvalue weighted by atomic mass is 9.95. The van der Waals surface area contributed by atoms with Crippen LogP contribution >= 0.6 is 0 Å². The number of ether oxygens (including phenoxy) is 2. The van der Waals surface area contributed by atoms with Crippen LogP contribution in [-0.4, -0.2) is 42.9 Å². The van der Waals surface area contributed by atoms with Crippen LogP contribution in [0.15, 0.2) is 45.6 Å². The van der Waals surface area contributed by atoms with Crippen LogP contribution in [0.4, 0.5) is 0 Å². The van der Waals surface area contributed by atoms with Crippen LogP contribution < -0.4 is 5.63 Å². The summed E-state index contributed by atoms with van der Waals surface area (Å²) < 4.78 is 15.8. The van der Waals surface area contributed by atoms with Gasteiger partial charge in [-0.15, -0.1) is 0 Å². The highest BCUT2D eigenvalue weighted by atomic mass is 16.5. The summed E-state index contributed by atoms with van der Waals surface area (Å²) >= 11 is 0. The van der Waals surface area contributed by atoms with Crippen molar-refractivity contribution in [2.45, 2.75) is 39.7 Å². The van der Waals surface area contributed by atoms with Crippen molar-refractivity contribution in [3.8, 4) is 0 Å². The molecule has 0 fully saturated rings. The molecule has 0 radical (unpaired) electrons. The van der Waals surface area contributed by atoms with Gasteiger partial charge in [0, 0.05) is 37.3 Å². The zero-order valence-corrected chi connectivity index (χ0v) is 20.2. The first-order valence-corrected chi connectivity index (χ1v) is 11.4. The number of carbonyl (C=O) groups excluding carboxylic acids is 3. The summed E-state index contributed by atoms with van der Waals surface area (Å²) in [6.07, 6.45) is 0.522. The van der Waals surface area contributed by atoms with Crippen LogP contribution in [0.2, 0.25) is 0 Å². The zero-order valence-electron chi connectivity index (χ0n) is 20.2. The Bertz CT molecular complexity index is 1390. The molecule has 0 saturated carbocycles. The third-order valence-electron chi connectivity index (χ3n) is 6.13. The number of hydrogen-bond donors (Lipinski definition) is 0. The normalized spacial score (nSPS) is 13.1. The summed E-state index contributed by atoms with van der Waals surface area (Å²) in [6.45, 7) is 6.63. The van der Waals surface area contributed by atoms with Gasteiger partial charge in [-0.2, -0.15) is 0 Å². The summed E-state index contributed by atoms with van der Waals surface area (Å²) in [5.74, 6) is -1.23. The molecule has 4 rings (SSSR count). The Morgan fingerprint density at radius 1 is 1.03 bits per heavy atom. The average molecular weight is 478 g/mol. The number of nitrogens with zero attached hydrogens (tertiary/aromatic N) is 1. The minimum atomic E-state index is -0.663. The van der Waals surface area contributed by atoms with E-state index in [-0.39, 0.29) is 41.7 Å². The molecule has 0 N–H and O–H groups in total. The lowest BCUT2D eigenvalue weighted by Gasteiger charge is -2.13. The molecule has 35 heavy (non-hydrogen) atoms. The maximum atomic E-state index is 12.8. The third-order valence-corrected chi connectivity index (χ3v) is 6.13. The Morgan fingerprint density at radius 2 is 1.77 bits per heavy atom. The van der Waals surface area contributed by atoms with Crippen molar-refractivity contribution in [1.82, 2.24) is 4.90 Å². The molecule has 2 amide bonds. The van der Waals surface area contributed by atoms with Crippen molar-refractivity contribution < 1.29 is 28.3 Å². The molecule has 1 aliphatic heterocycles. The number of rotatable bonds is 8. The molecular weight excluding hydrogens is 450 g/mol. The summed E-state index contributed by atoms with van der Waals surface area (Å²) in [5, 5.41) is 0.702. The highest BCUT2D eigenvalue weighted by molar-refractivity contribution is 6.21. The van der Waals surface area contributed by atoms with E-state index < -0.39 is 17.5 Å². The molecule has 8 nitrogen and oxygen atoms in total. The minimum absolute atomic E-state index is 0.144.